The number of hydrogen-bond donors (Lipinski definition) is 1. The van der Waals surface area contributed by atoms with E-state index in [0.717, 1.165) is 45.5 Å². The molecule has 1 N–H and O–H groups in total. The smallest absolute Gasteiger partial charge is 0.268 e. The summed E-state index contributed by atoms with van der Waals surface area (Å²) in [5, 5.41) is 8.82. The van der Waals surface area contributed by atoms with Crippen molar-refractivity contribution in [1.82, 2.24) is 9.88 Å². The summed E-state index contributed by atoms with van der Waals surface area (Å²) in [6.45, 7) is 1.71. The minimum atomic E-state index is 0. The summed E-state index contributed by atoms with van der Waals surface area (Å²) < 4.78 is 3.82. The Balaban J connectivity index is 0.00000146. The molecule has 7 heteroatoms. The fraction of sp³-hybridized carbons (Fsp3) is 0.176. The van der Waals surface area contributed by atoms with E-state index in [9.17, 15) is 4.79 Å². The van der Waals surface area contributed by atoms with E-state index in [4.69, 9.17) is 0 Å². The maximum Gasteiger partial charge on any atom is 0.268 e. The van der Waals surface area contributed by atoms with Gasteiger partial charge in [-0.1, -0.05) is 0 Å². The molecular weight excluding hydrogens is 362 g/mol. The predicted molar refractivity (Wildman–Crippen MR) is 107 cm³/mol. The third-order valence-corrected chi connectivity index (χ3v) is 6.63. The van der Waals surface area contributed by atoms with Crippen LogP contribution in [0.2, 0.25) is 0 Å². The minimum absolute atomic E-state index is 0. The number of aliphatic imine (C=N–C) groups is 1. The lowest BCUT2D eigenvalue weighted by Gasteiger charge is -2.09. The fourth-order valence-corrected chi connectivity index (χ4v) is 5.52. The Bertz CT molecular complexity index is 1190. The first kappa shape index (κ1) is 15.6. The molecule has 0 unspecified atom stereocenters. The van der Waals surface area contributed by atoms with Gasteiger partial charge in [0.2, 0.25) is 0 Å². The molecule has 0 aliphatic carbocycles. The van der Waals surface area contributed by atoms with E-state index in [0.29, 0.717) is 0 Å². The molecule has 0 radical (unpaired) electrons. The van der Waals surface area contributed by atoms with Crippen LogP contribution in [0.3, 0.4) is 0 Å². The molecule has 1 aromatic carbocycles. The number of pyridine rings is 1. The number of benzene rings is 1. The van der Waals surface area contributed by atoms with Crippen LogP contribution in [-0.4, -0.2) is 23.5 Å². The Labute approximate surface area is 151 Å². The van der Waals surface area contributed by atoms with Gasteiger partial charge in [0.25, 0.3) is 5.56 Å². The monoisotopic (exact) mass is 375 g/mol. The zero-order valence-corrected chi connectivity index (χ0v) is 15.3. The Hall–Kier alpha value is -1.89. The Morgan fingerprint density at radius 3 is 2.92 bits per heavy atom. The highest BCUT2D eigenvalue weighted by Gasteiger charge is 2.17. The van der Waals surface area contributed by atoms with Crippen LogP contribution in [0.4, 0.5) is 0 Å². The molecule has 0 bridgehead atoms. The number of halogens is 1. The van der Waals surface area contributed by atoms with Crippen LogP contribution in [0.1, 0.15) is 5.56 Å². The summed E-state index contributed by atoms with van der Waals surface area (Å²) in [7, 11) is 1.85. The van der Waals surface area contributed by atoms with Gasteiger partial charge in [0.05, 0.1) is 16.1 Å². The van der Waals surface area contributed by atoms with Crippen LogP contribution in [0.15, 0.2) is 39.4 Å². The molecule has 24 heavy (non-hydrogen) atoms. The maximum absolute atomic E-state index is 12.7. The highest BCUT2D eigenvalue weighted by Crippen LogP contribution is 2.39. The molecule has 0 spiro atoms. The molecule has 0 amide bonds. The SMILES string of the molecule is Cl.Cn1c(=O)c2sc3sccc3c2c2cc(C3=NCCN3)ccc21. The number of amidine groups is 1. The van der Waals surface area contributed by atoms with Crippen LogP contribution in [0, 0.1) is 0 Å². The van der Waals surface area contributed by atoms with E-state index in [-0.39, 0.29) is 18.0 Å². The minimum Gasteiger partial charge on any atom is -0.368 e. The van der Waals surface area contributed by atoms with Crippen molar-refractivity contribution >= 4 is 71.3 Å². The zero-order chi connectivity index (χ0) is 15.6. The molecular formula is C17H14ClN3OS2. The van der Waals surface area contributed by atoms with Crippen molar-refractivity contribution in [3.63, 3.8) is 0 Å². The fourth-order valence-electron chi connectivity index (χ4n) is 3.27. The number of rotatable bonds is 1. The molecule has 0 fully saturated rings. The van der Waals surface area contributed by atoms with Gasteiger partial charge in [-0.25, -0.2) is 0 Å². The maximum atomic E-state index is 12.7. The molecule has 3 aromatic heterocycles. The first-order valence-electron chi connectivity index (χ1n) is 7.45. The van der Waals surface area contributed by atoms with Crippen molar-refractivity contribution in [1.29, 1.82) is 0 Å². The van der Waals surface area contributed by atoms with Gasteiger partial charge in [-0.3, -0.25) is 9.79 Å². The molecule has 4 nitrogen and oxygen atoms in total. The third-order valence-electron chi connectivity index (χ3n) is 4.39. The largest absolute Gasteiger partial charge is 0.368 e. The van der Waals surface area contributed by atoms with Gasteiger partial charge in [0.15, 0.2) is 0 Å². The zero-order valence-electron chi connectivity index (χ0n) is 12.8. The molecule has 0 saturated heterocycles. The van der Waals surface area contributed by atoms with E-state index in [2.05, 4.69) is 27.8 Å². The number of aromatic nitrogens is 1. The second-order valence-corrected chi connectivity index (χ2v) is 7.88. The second-order valence-electron chi connectivity index (χ2n) is 5.68. The molecule has 4 aromatic rings. The second kappa shape index (κ2) is 5.58. The summed E-state index contributed by atoms with van der Waals surface area (Å²) in [5.74, 6) is 0.950. The molecule has 5 rings (SSSR count). The normalized spacial score (nSPS) is 14.1. The quantitative estimate of drug-likeness (QED) is 0.551. The van der Waals surface area contributed by atoms with Crippen LogP contribution in [0.5, 0.6) is 0 Å². The van der Waals surface area contributed by atoms with Gasteiger partial charge >= 0.3 is 0 Å². The summed E-state index contributed by atoms with van der Waals surface area (Å²) in [6.07, 6.45) is 0. The van der Waals surface area contributed by atoms with Gasteiger partial charge in [-0.15, -0.1) is 35.1 Å². The molecule has 0 saturated carbocycles. The topological polar surface area (TPSA) is 46.4 Å². The van der Waals surface area contributed by atoms with Crippen molar-refractivity contribution in [3.8, 4) is 0 Å². The van der Waals surface area contributed by atoms with E-state index in [1.54, 1.807) is 27.2 Å². The van der Waals surface area contributed by atoms with E-state index in [1.165, 1.54) is 9.40 Å². The standard InChI is InChI=1S/C17H13N3OS2.ClH/c1-20-12-3-2-9(15-18-5-6-19-15)8-11(12)13-10-4-7-22-17(10)23-14(13)16(20)21;/h2-4,7-8H,5-6H2,1H3,(H,18,19);1H. The Morgan fingerprint density at radius 2 is 2.12 bits per heavy atom. The molecule has 1 aliphatic heterocycles. The highest BCUT2D eigenvalue weighted by molar-refractivity contribution is 7.41. The summed E-state index contributed by atoms with van der Waals surface area (Å²) >= 11 is 3.30. The van der Waals surface area contributed by atoms with Crippen molar-refractivity contribution in [3.05, 3.63) is 45.6 Å². The summed E-state index contributed by atoms with van der Waals surface area (Å²) in [5.41, 5.74) is 2.14. The van der Waals surface area contributed by atoms with Gasteiger partial charge in [-0.05, 0) is 29.6 Å². The summed E-state index contributed by atoms with van der Waals surface area (Å²) in [6, 6.07) is 8.36. The number of nitrogens with one attached hydrogen (secondary N) is 1. The lowest BCUT2D eigenvalue weighted by molar-refractivity contribution is 0.920. The highest BCUT2D eigenvalue weighted by atomic mass is 35.5. The van der Waals surface area contributed by atoms with Crippen molar-refractivity contribution in [2.45, 2.75) is 0 Å². The van der Waals surface area contributed by atoms with Gasteiger partial charge in [0.1, 0.15) is 10.5 Å². The van der Waals surface area contributed by atoms with Crippen molar-refractivity contribution < 1.29 is 0 Å². The van der Waals surface area contributed by atoms with Gasteiger partial charge in [0, 0.05) is 35.3 Å². The predicted octanol–water partition coefficient (Wildman–Crippen LogP) is 3.74. The lowest BCUT2D eigenvalue weighted by Crippen LogP contribution is -2.20. The first-order valence-corrected chi connectivity index (χ1v) is 9.15. The Morgan fingerprint density at radius 1 is 1.25 bits per heavy atom. The van der Waals surface area contributed by atoms with Crippen LogP contribution >= 0.6 is 35.1 Å². The first-order chi connectivity index (χ1) is 11.2. The van der Waals surface area contributed by atoms with Gasteiger partial charge in [-0.2, -0.15) is 0 Å². The van der Waals surface area contributed by atoms with E-state index < -0.39 is 0 Å². The van der Waals surface area contributed by atoms with Crippen molar-refractivity contribution in [2.75, 3.05) is 13.1 Å². The van der Waals surface area contributed by atoms with Crippen molar-refractivity contribution in [2.24, 2.45) is 12.0 Å². The number of fused-ring (bicyclic) bond motifs is 5. The van der Waals surface area contributed by atoms with E-state index >= 15 is 0 Å². The lowest BCUT2D eigenvalue weighted by atomic mass is 10.1. The average molecular weight is 376 g/mol. The average Bonchev–Trinajstić information content (AvgIpc) is 3.27. The molecule has 122 valence electrons. The number of nitrogens with zero attached hydrogens (tertiary/aromatic N) is 2. The van der Waals surface area contributed by atoms with Crippen LogP contribution in [0.25, 0.3) is 30.4 Å². The third kappa shape index (κ3) is 2.03. The van der Waals surface area contributed by atoms with Crippen LogP contribution in [-0.2, 0) is 7.05 Å². The molecule has 0 atom stereocenters. The molecule has 1 aliphatic rings. The number of aryl methyl sites for hydroxylation is 1. The van der Waals surface area contributed by atoms with E-state index in [1.807, 2.05) is 19.2 Å². The number of thiophene rings is 2. The molecule has 4 heterocycles. The Kier molecular flexibility index (Phi) is 3.63. The number of hydrogen-bond acceptors (Lipinski definition) is 5. The van der Waals surface area contributed by atoms with Crippen LogP contribution < -0.4 is 10.9 Å². The summed E-state index contributed by atoms with van der Waals surface area (Å²) in [4.78, 5) is 17.2. The van der Waals surface area contributed by atoms with Gasteiger partial charge < -0.3 is 9.88 Å².